The van der Waals surface area contributed by atoms with Crippen molar-refractivity contribution in [3.05, 3.63) is 53.2 Å². The monoisotopic (exact) mass is 324 g/mol. The highest BCUT2D eigenvalue weighted by molar-refractivity contribution is 5.97. The van der Waals surface area contributed by atoms with Gasteiger partial charge in [0.15, 0.2) is 11.6 Å². The molecule has 3 rings (SSSR count). The molecule has 1 saturated heterocycles. The van der Waals surface area contributed by atoms with Crippen LogP contribution in [0, 0.1) is 6.92 Å². The van der Waals surface area contributed by atoms with Gasteiger partial charge >= 0.3 is 0 Å². The number of aryl methyl sites for hydroxylation is 1. The predicted molar refractivity (Wildman–Crippen MR) is 91.3 cm³/mol. The Morgan fingerprint density at radius 2 is 1.50 bits per heavy atom. The van der Waals surface area contributed by atoms with Crippen LogP contribution < -0.4 is 4.90 Å². The number of piperazine rings is 1. The predicted octanol–water partition coefficient (Wildman–Crippen LogP) is 1.95. The molecule has 2 aromatic rings. The van der Waals surface area contributed by atoms with Gasteiger partial charge < -0.3 is 9.80 Å². The van der Waals surface area contributed by atoms with Crippen molar-refractivity contribution in [2.75, 3.05) is 31.1 Å². The second-order valence-electron chi connectivity index (χ2n) is 5.95. The molecule has 1 aliphatic rings. The van der Waals surface area contributed by atoms with E-state index in [0.717, 1.165) is 24.6 Å². The summed E-state index contributed by atoms with van der Waals surface area (Å²) in [5.74, 6) is 0.847. The van der Waals surface area contributed by atoms with Crippen molar-refractivity contribution < 1.29 is 9.59 Å². The first-order valence-corrected chi connectivity index (χ1v) is 8.00. The molecule has 1 aliphatic heterocycles. The molecule has 24 heavy (non-hydrogen) atoms. The fourth-order valence-electron chi connectivity index (χ4n) is 2.73. The van der Waals surface area contributed by atoms with Gasteiger partial charge in [-0.05, 0) is 38.1 Å². The third-order valence-electron chi connectivity index (χ3n) is 4.21. The van der Waals surface area contributed by atoms with Crippen LogP contribution in [0.5, 0.6) is 0 Å². The number of hydrogen-bond donors (Lipinski definition) is 0. The van der Waals surface area contributed by atoms with Crippen molar-refractivity contribution in [2.24, 2.45) is 0 Å². The van der Waals surface area contributed by atoms with E-state index in [-0.39, 0.29) is 11.7 Å². The van der Waals surface area contributed by atoms with E-state index < -0.39 is 0 Å². The van der Waals surface area contributed by atoms with Crippen LogP contribution in [0.25, 0.3) is 0 Å². The van der Waals surface area contributed by atoms with Crippen molar-refractivity contribution in [2.45, 2.75) is 13.8 Å². The van der Waals surface area contributed by atoms with Gasteiger partial charge in [-0.3, -0.25) is 9.59 Å². The number of anilines is 1. The van der Waals surface area contributed by atoms with Crippen LogP contribution in [-0.2, 0) is 0 Å². The van der Waals surface area contributed by atoms with Crippen LogP contribution in [-0.4, -0.2) is 53.0 Å². The Balaban J connectivity index is 1.62. The van der Waals surface area contributed by atoms with Gasteiger partial charge in [-0.1, -0.05) is 12.1 Å². The summed E-state index contributed by atoms with van der Waals surface area (Å²) < 4.78 is 0. The normalized spacial score (nSPS) is 14.6. The Labute approximate surface area is 141 Å². The molecule has 1 aromatic heterocycles. The first kappa shape index (κ1) is 16.1. The van der Waals surface area contributed by atoms with Gasteiger partial charge in [-0.2, -0.15) is 5.10 Å². The van der Waals surface area contributed by atoms with E-state index in [2.05, 4.69) is 15.1 Å². The molecule has 0 saturated carbocycles. The lowest BCUT2D eigenvalue weighted by Crippen LogP contribution is -2.49. The molecule has 0 aliphatic carbocycles. The minimum Gasteiger partial charge on any atom is -0.352 e. The quantitative estimate of drug-likeness (QED) is 0.807. The summed E-state index contributed by atoms with van der Waals surface area (Å²) in [6.07, 6.45) is 0. The van der Waals surface area contributed by atoms with E-state index >= 15 is 0 Å². The van der Waals surface area contributed by atoms with Gasteiger partial charge in [0.05, 0.1) is 5.69 Å². The highest BCUT2D eigenvalue weighted by Crippen LogP contribution is 2.15. The molecule has 0 atom stereocenters. The number of carbonyl (C=O) groups is 2. The zero-order valence-electron chi connectivity index (χ0n) is 13.9. The molecule has 0 radical (unpaired) electrons. The number of carbonyl (C=O) groups excluding carboxylic acids is 2. The summed E-state index contributed by atoms with van der Waals surface area (Å²) in [7, 11) is 0. The number of nitrogens with zero attached hydrogens (tertiary/aromatic N) is 4. The highest BCUT2D eigenvalue weighted by Gasteiger charge is 2.23. The number of hydrogen-bond acceptors (Lipinski definition) is 5. The van der Waals surface area contributed by atoms with E-state index in [4.69, 9.17) is 0 Å². The van der Waals surface area contributed by atoms with E-state index in [1.165, 1.54) is 6.92 Å². The standard InChI is InChI=1S/C18H20N4O2/c1-13-3-8-17(20-19-13)21-9-11-22(12-10-21)18(24)16-6-4-15(5-7-16)14(2)23/h3-8H,9-12H2,1-2H3. The summed E-state index contributed by atoms with van der Waals surface area (Å²) in [4.78, 5) is 27.8. The maximum Gasteiger partial charge on any atom is 0.253 e. The zero-order valence-corrected chi connectivity index (χ0v) is 13.9. The lowest BCUT2D eigenvalue weighted by molar-refractivity contribution is 0.0746. The average Bonchev–Trinajstić information content (AvgIpc) is 2.62. The van der Waals surface area contributed by atoms with E-state index in [0.29, 0.717) is 24.2 Å². The van der Waals surface area contributed by atoms with Crippen molar-refractivity contribution >= 4 is 17.5 Å². The molecule has 1 aromatic carbocycles. The van der Waals surface area contributed by atoms with Crippen LogP contribution in [0.1, 0.15) is 33.3 Å². The summed E-state index contributed by atoms with van der Waals surface area (Å²) in [5, 5.41) is 8.28. The lowest BCUT2D eigenvalue weighted by Gasteiger charge is -2.35. The minimum atomic E-state index is -0.000239. The third kappa shape index (κ3) is 3.42. The smallest absolute Gasteiger partial charge is 0.253 e. The molecule has 2 heterocycles. The Bertz CT molecular complexity index is 733. The second-order valence-corrected chi connectivity index (χ2v) is 5.95. The molecule has 0 unspecified atom stereocenters. The Hall–Kier alpha value is -2.76. The number of Topliss-reactive ketones (excluding diaryl/α,β-unsaturated/α-hetero) is 1. The topological polar surface area (TPSA) is 66.4 Å². The number of rotatable bonds is 3. The van der Waals surface area contributed by atoms with Crippen LogP contribution >= 0.6 is 0 Å². The van der Waals surface area contributed by atoms with Crippen LogP contribution in [0.3, 0.4) is 0 Å². The van der Waals surface area contributed by atoms with Gasteiger partial charge in [0.25, 0.3) is 5.91 Å². The summed E-state index contributed by atoms with van der Waals surface area (Å²) in [6.45, 7) is 6.17. The van der Waals surface area contributed by atoms with Crippen LogP contribution in [0.4, 0.5) is 5.82 Å². The van der Waals surface area contributed by atoms with Crippen LogP contribution in [0.15, 0.2) is 36.4 Å². The second kappa shape index (κ2) is 6.78. The third-order valence-corrected chi connectivity index (χ3v) is 4.21. The molecule has 124 valence electrons. The van der Waals surface area contributed by atoms with Crippen LogP contribution in [0.2, 0.25) is 0 Å². The maximum atomic E-state index is 12.6. The van der Waals surface area contributed by atoms with Crippen molar-refractivity contribution in [1.82, 2.24) is 15.1 Å². The Morgan fingerprint density at radius 3 is 2.04 bits per heavy atom. The Morgan fingerprint density at radius 1 is 0.875 bits per heavy atom. The zero-order chi connectivity index (χ0) is 17.1. The Kier molecular flexibility index (Phi) is 4.55. The van der Waals surface area contributed by atoms with Gasteiger partial charge in [0.2, 0.25) is 0 Å². The largest absolute Gasteiger partial charge is 0.352 e. The first-order chi connectivity index (χ1) is 11.5. The number of aromatic nitrogens is 2. The van der Waals surface area contributed by atoms with Gasteiger partial charge in [-0.25, -0.2) is 0 Å². The SMILES string of the molecule is CC(=O)c1ccc(C(=O)N2CCN(c3ccc(C)nn3)CC2)cc1. The van der Waals surface area contributed by atoms with Gasteiger partial charge in [0, 0.05) is 37.3 Å². The van der Waals surface area contributed by atoms with E-state index in [1.807, 2.05) is 24.0 Å². The highest BCUT2D eigenvalue weighted by atomic mass is 16.2. The molecular formula is C18H20N4O2. The summed E-state index contributed by atoms with van der Waals surface area (Å²) in [6, 6.07) is 10.7. The van der Waals surface area contributed by atoms with E-state index in [1.54, 1.807) is 24.3 Å². The number of benzene rings is 1. The molecule has 0 N–H and O–H groups in total. The molecule has 6 nitrogen and oxygen atoms in total. The minimum absolute atomic E-state index is 0.000239. The van der Waals surface area contributed by atoms with E-state index in [9.17, 15) is 9.59 Å². The average molecular weight is 324 g/mol. The van der Waals surface area contributed by atoms with Gasteiger partial charge in [0.1, 0.15) is 0 Å². The van der Waals surface area contributed by atoms with Crippen molar-refractivity contribution in [3.63, 3.8) is 0 Å². The summed E-state index contributed by atoms with van der Waals surface area (Å²) in [5.41, 5.74) is 2.12. The first-order valence-electron chi connectivity index (χ1n) is 8.00. The summed E-state index contributed by atoms with van der Waals surface area (Å²) >= 11 is 0. The molecule has 0 spiro atoms. The molecule has 6 heteroatoms. The van der Waals surface area contributed by atoms with Gasteiger partial charge in [-0.15, -0.1) is 5.10 Å². The fourth-order valence-corrected chi connectivity index (χ4v) is 2.73. The lowest BCUT2D eigenvalue weighted by atomic mass is 10.1. The fraction of sp³-hybridized carbons (Fsp3) is 0.333. The molecular weight excluding hydrogens is 304 g/mol. The molecule has 0 bridgehead atoms. The van der Waals surface area contributed by atoms with Crippen molar-refractivity contribution in [1.29, 1.82) is 0 Å². The number of amides is 1. The molecule has 1 fully saturated rings. The molecule has 1 amide bonds. The number of ketones is 1. The maximum absolute atomic E-state index is 12.6. The van der Waals surface area contributed by atoms with Crippen molar-refractivity contribution in [3.8, 4) is 0 Å².